The molecule has 33 heavy (non-hydrogen) atoms. The van der Waals surface area contributed by atoms with E-state index in [1.54, 1.807) is 13.8 Å². The minimum absolute atomic E-state index is 0.0695. The predicted molar refractivity (Wildman–Crippen MR) is 108 cm³/mol. The number of hydrogen-bond acceptors (Lipinski definition) is 7. The summed E-state index contributed by atoms with van der Waals surface area (Å²) in [5.74, 6) is -1.70. The number of nitrogens with zero attached hydrogens (tertiary/aromatic N) is 1. The van der Waals surface area contributed by atoms with E-state index in [9.17, 15) is 32.9 Å². The Labute approximate surface area is 185 Å². The highest BCUT2D eigenvalue weighted by atomic mass is 19.4. The topological polar surface area (TPSA) is 129 Å². The molecule has 0 spiro atoms. The van der Waals surface area contributed by atoms with Crippen LogP contribution in [-0.2, 0) is 0 Å². The second kappa shape index (κ2) is 10.5. The Morgan fingerprint density at radius 3 is 2.30 bits per heavy atom. The SMILES string of the molecule is COc1cc(C(=O)NNC(=O)c2cc(OCC(F)(F)F)ccc2[N+](=O)[O-])ccc1OC(C)C. The fourth-order valence-corrected chi connectivity index (χ4v) is 2.52. The van der Waals surface area contributed by atoms with Crippen molar-refractivity contribution in [1.29, 1.82) is 0 Å². The first-order valence-electron chi connectivity index (χ1n) is 9.34. The van der Waals surface area contributed by atoms with E-state index in [4.69, 9.17) is 9.47 Å². The lowest BCUT2D eigenvalue weighted by Crippen LogP contribution is -2.41. The highest BCUT2D eigenvalue weighted by molar-refractivity contribution is 6.01. The average molecular weight is 471 g/mol. The fourth-order valence-electron chi connectivity index (χ4n) is 2.52. The van der Waals surface area contributed by atoms with Gasteiger partial charge in [-0.25, -0.2) is 0 Å². The molecule has 0 radical (unpaired) electrons. The van der Waals surface area contributed by atoms with Crippen molar-refractivity contribution in [3.8, 4) is 17.2 Å². The van der Waals surface area contributed by atoms with E-state index in [2.05, 4.69) is 10.2 Å². The minimum Gasteiger partial charge on any atom is -0.493 e. The van der Waals surface area contributed by atoms with E-state index in [-0.39, 0.29) is 17.4 Å². The van der Waals surface area contributed by atoms with Crippen LogP contribution in [0.3, 0.4) is 0 Å². The number of nitrogens with one attached hydrogen (secondary N) is 2. The van der Waals surface area contributed by atoms with Crippen LogP contribution >= 0.6 is 0 Å². The fraction of sp³-hybridized carbons (Fsp3) is 0.300. The Bertz CT molecular complexity index is 1040. The number of carbonyl (C=O) groups is 2. The summed E-state index contributed by atoms with van der Waals surface area (Å²) >= 11 is 0. The zero-order valence-corrected chi connectivity index (χ0v) is 17.7. The number of alkyl halides is 3. The van der Waals surface area contributed by atoms with Gasteiger partial charge in [0.05, 0.1) is 18.1 Å². The smallest absolute Gasteiger partial charge is 0.422 e. The zero-order chi connectivity index (χ0) is 24.8. The summed E-state index contributed by atoms with van der Waals surface area (Å²) in [5.41, 5.74) is 2.82. The van der Waals surface area contributed by atoms with Crippen LogP contribution in [0.5, 0.6) is 17.2 Å². The summed E-state index contributed by atoms with van der Waals surface area (Å²) in [7, 11) is 1.37. The Balaban J connectivity index is 2.16. The number of nitro benzene ring substituents is 1. The molecule has 0 saturated heterocycles. The van der Waals surface area contributed by atoms with Gasteiger partial charge in [0.25, 0.3) is 17.5 Å². The highest BCUT2D eigenvalue weighted by Crippen LogP contribution is 2.29. The summed E-state index contributed by atoms with van der Waals surface area (Å²) in [6, 6.07) is 6.75. The van der Waals surface area contributed by atoms with E-state index < -0.39 is 46.5 Å². The summed E-state index contributed by atoms with van der Waals surface area (Å²) in [5, 5.41) is 11.2. The van der Waals surface area contributed by atoms with Crippen molar-refractivity contribution in [2.75, 3.05) is 13.7 Å². The highest BCUT2D eigenvalue weighted by Gasteiger charge is 2.29. The van der Waals surface area contributed by atoms with Crippen LogP contribution in [-0.4, -0.2) is 42.7 Å². The first-order valence-corrected chi connectivity index (χ1v) is 9.34. The van der Waals surface area contributed by atoms with Gasteiger partial charge in [0.2, 0.25) is 0 Å². The number of benzene rings is 2. The van der Waals surface area contributed by atoms with Crippen LogP contribution in [0.2, 0.25) is 0 Å². The monoisotopic (exact) mass is 471 g/mol. The molecule has 2 aromatic rings. The van der Waals surface area contributed by atoms with E-state index in [1.165, 1.54) is 25.3 Å². The number of nitro groups is 1. The standard InChI is InChI=1S/C20H20F3N3O7/c1-11(2)33-16-7-4-12(8-17(16)31-3)18(27)24-25-19(28)14-9-13(32-10-20(21,22)23)5-6-15(14)26(29)30/h4-9,11H,10H2,1-3H3,(H,24,27)(H,25,28). The summed E-state index contributed by atoms with van der Waals surface area (Å²) in [6.45, 7) is 1.96. The molecule has 13 heteroatoms. The van der Waals surface area contributed by atoms with Crippen LogP contribution in [0, 0.1) is 10.1 Å². The number of methoxy groups -OCH3 is 1. The van der Waals surface area contributed by atoms with Crippen molar-refractivity contribution < 1.29 is 41.9 Å². The molecule has 0 aliphatic rings. The summed E-state index contributed by atoms with van der Waals surface area (Å²) in [6.07, 6.45) is -4.79. The van der Waals surface area contributed by atoms with Gasteiger partial charge in [0, 0.05) is 11.6 Å². The van der Waals surface area contributed by atoms with Gasteiger partial charge in [-0.2, -0.15) is 13.2 Å². The summed E-state index contributed by atoms with van der Waals surface area (Å²) < 4.78 is 52.3. The van der Waals surface area contributed by atoms with Crippen LogP contribution in [0.25, 0.3) is 0 Å². The van der Waals surface area contributed by atoms with Gasteiger partial charge in [0.15, 0.2) is 18.1 Å². The first kappa shape index (κ1) is 25.2. The van der Waals surface area contributed by atoms with Crippen molar-refractivity contribution in [2.45, 2.75) is 26.1 Å². The summed E-state index contributed by atoms with van der Waals surface area (Å²) in [4.78, 5) is 35.1. The lowest BCUT2D eigenvalue weighted by molar-refractivity contribution is -0.385. The number of carbonyl (C=O) groups excluding carboxylic acids is 2. The Hall–Kier alpha value is -4.03. The lowest BCUT2D eigenvalue weighted by Gasteiger charge is -2.14. The molecule has 0 saturated carbocycles. The van der Waals surface area contributed by atoms with Crippen molar-refractivity contribution in [3.63, 3.8) is 0 Å². The van der Waals surface area contributed by atoms with E-state index in [0.29, 0.717) is 5.75 Å². The molecule has 178 valence electrons. The largest absolute Gasteiger partial charge is 0.493 e. The van der Waals surface area contributed by atoms with Gasteiger partial charge in [-0.15, -0.1) is 0 Å². The maximum absolute atomic E-state index is 12.4. The van der Waals surface area contributed by atoms with Gasteiger partial charge < -0.3 is 14.2 Å². The lowest BCUT2D eigenvalue weighted by atomic mass is 10.1. The molecule has 0 unspecified atom stereocenters. The number of hydrazine groups is 1. The maximum atomic E-state index is 12.4. The van der Waals surface area contributed by atoms with Crippen LogP contribution < -0.4 is 25.1 Å². The molecule has 0 fully saturated rings. The van der Waals surface area contributed by atoms with E-state index in [1.807, 2.05) is 5.43 Å². The predicted octanol–water partition coefficient (Wildman–Crippen LogP) is 3.41. The van der Waals surface area contributed by atoms with Gasteiger partial charge >= 0.3 is 6.18 Å². The number of rotatable bonds is 8. The molecule has 0 heterocycles. The molecule has 0 bridgehead atoms. The molecule has 0 aliphatic carbocycles. The Morgan fingerprint density at radius 1 is 1.06 bits per heavy atom. The van der Waals surface area contributed by atoms with Gasteiger partial charge in [0.1, 0.15) is 11.3 Å². The first-order chi connectivity index (χ1) is 15.4. The number of halogens is 3. The average Bonchev–Trinajstić information content (AvgIpc) is 2.74. The molecule has 0 aliphatic heterocycles. The Morgan fingerprint density at radius 2 is 1.73 bits per heavy atom. The van der Waals surface area contributed by atoms with Crippen LogP contribution in [0.4, 0.5) is 18.9 Å². The normalized spacial score (nSPS) is 11.0. The molecule has 2 aromatic carbocycles. The second-order valence-electron chi connectivity index (χ2n) is 6.78. The van der Waals surface area contributed by atoms with Crippen molar-refractivity contribution in [2.24, 2.45) is 0 Å². The molecule has 0 aromatic heterocycles. The molecular formula is C20H20F3N3O7. The molecule has 2 rings (SSSR count). The third kappa shape index (κ3) is 7.26. The quantitative estimate of drug-likeness (QED) is 0.446. The second-order valence-corrected chi connectivity index (χ2v) is 6.78. The van der Waals surface area contributed by atoms with E-state index in [0.717, 1.165) is 18.2 Å². The molecule has 10 nitrogen and oxygen atoms in total. The van der Waals surface area contributed by atoms with Crippen molar-refractivity contribution in [3.05, 3.63) is 57.6 Å². The Kier molecular flexibility index (Phi) is 8.05. The van der Waals surface area contributed by atoms with Crippen LogP contribution in [0.1, 0.15) is 34.6 Å². The molecule has 0 atom stereocenters. The van der Waals surface area contributed by atoms with Gasteiger partial charge in [-0.3, -0.25) is 30.6 Å². The number of ether oxygens (including phenoxy) is 3. The van der Waals surface area contributed by atoms with Gasteiger partial charge in [-0.1, -0.05) is 0 Å². The zero-order valence-electron chi connectivity index (χ0n) is 17.7. The molecule has 2 N–H and O–H groups in total. The number of hydrogen-bond donors (Lipinski definition) is 2. The van der Waals surface area contributed by atoms with E-state index >= 15 is 0 Å². The van der Waals surface area contributed by atoms with Crippen LogP contribution in [0.15, 0.2) is 36.4 Å². The van der Waals surface area contributed by atoms with Gasteiger partial charge in [-0.05, 0) is 44.2 Å². The third-order valence-electron chi connectivity index (χ3n) is 3.89. The maximum Gasteiger partial charge on any atom is 0.422 e. The molecule has 2 amide bonds. The molecular weight excluding hydrogens is 451 g/mol. The van der Waals surface area contributed by atoms with Crippen molar-refractivity contribution >= 4 is 17.5 Å². The minimum atomic E-state index is -4.64. The third-order valence-corrected chi connectivity index (χ3v) is 3.89. The number of amides is 2. The van der Waals surface area contributed by atoms with Crippen molar-refractivity contribution in [1.82, 2.24) is 10.9 Å².